The minimum Gasteiger partial charge on any atom is -0.381 e. The monoisotopic (exact) mass is 221 g/mol. The Morgan fingerprint density at radius 2 is 1.88 bits per heavy atom. The van der Waals surface area contributed by atoms with Gasteiger partial charge in [0.15, 0.2) is 0 Å². The first-order chi connectivity index (χ1) is 8.40. The Kier molecular flexibility index (Phi) is 3.77. The molecule has 1 radical (unpaired) electrons. The Bertz CT molecular complexity index is 512. The number of hydrogen-bond donors (Lipinski definition) is 1. The minimum atomic E-state index is 0.436. The molecular weight excluding hydrogens is 208 g/mol. The van der Waals surface area contributed by atoms with Crippen molar-refractivity contribution in [1.82, 2.24) is 0 Å². The first-order valence-electron chi connectivity index (χ1n) is 5.54. The van der Waals surface area contributed by atoms with Gasteiger partial charge >= 0.3 is 0 Å². The van der Waals surface area contributed by atoms with Gasteiger partial charge in [-0.1, -0.05) is 42.5 Å². The molecule has 0 aliphatic rings. The van der Waals surface area contributed by atoms with Crippen LogP contribution in [0.25, 0.3) is 0 Å². The molecule has 0 unspecified atom stereocenters. The van der Waals surface area contributed by atoms with E-state index in [9.17, 15) is 0 Å². The molecule has 2 rings (SSSR count). The molecule has 2 aromatic rings. The van der Waals surface area contributed by atoms with E-state index in [2.05, 4.69) is 17.5 Å². The quantitative estimate of drug-likeness (QED) is 0.860. The summed E-state index contributed by atoms with van der Waals surface area (Å²) in [4.78, 5) is 0. The molecule has 2 heteroatoms. The van der Waals surface area contributed by atoms with Gasteiger partial charge in [0.1, 0.15) is 0 Å². The number of nitriles is 1. The molecule has 0 aliphatic heterocycles. The smallest absolute Gasteiger partial charge is 0.0670 e. The Hall–Kier alpha value is -2.27. The van der Waals surface area contributed by atoms with Crippen LogP contribution in [0.3, 0.4) is 0 Å². The second kappa shape index (κ2) is 5.72. The highest BCUT2D eigenvalue weighted by Crippen LogP contribution is 2.16. The third kappa shape index (κ3) is 3.09. The minimum absolute atomic E-state index is 0.436. The summed E-state index contributed by atoms with van der Waals surface area (Å²) < 4.78 is 0. The second-order valence-electron chi connectivity index (χ2n) is 3.75. The molecule has 0 saturated carbocycles. The average Bonchev–Trinajstić information content (AvgIpc) is 2.39. The Morgan fingerprint density at radius 1 is 1.12 bits per heavy atom. The first-order valence-corrected chi connectivity index (χ1v) is 5.54. The van der Waals surface area contributed by atoms with Crippen molar-refractivity contribution < 1.29 is 0 Å². The van der Waals surface area contributed by atoms with Gasteiger partial charge in [-0.15, -0.1) is 0 Å². The maximum absolute atomic E-state index is 8.75. The van der Waals surface area contributed by atoms with Gasteiger partial charge in [0, 0.05) is 12.2 Å². The van der Waals surface area contributed by atoms with Crippen molar-refractivity contribution in [1.29, 1.82) is 5.26 Å². The molecule has 0 aliphatic carbocycles. The van der Waals surface area contributed by atoms with Crippen LogP contribution in [0.15, 0.2) is 48.5 Å². The molecule has 2 aromatic carbocycles. The van der Waals surface area contributed by atoms with Gasteiger partial charge in [-0.05, 0) is 23.3 Å². The van der Waals surface area contributed by atoms with Gasteiger partial charge in [0.25, 0.3) is 0 Å². The van der Waals surface area contributed by atoms with Crippen molar-refractivity contribution >= 4 is 5.69 Å². The Labute approximate surface area is 102 Å². The molecule has 0 aromatic heterocycles. The molecule has 83 valence electrons. The lowest BCUT2D eigenvalue weighted by Crippen LogP contribution is -2.01. The number of hydrogen-bond acceptors (Lipinski definition) is 2. The van der Waals surface area contributed by atoms with Crippen LogP contribution in [0.4, 0.5) is 5.69 Å². The van der Waals surface area contributed by atoms with Gasteiger partial charge < -0.3 is 5.32 Å². The van der Waals surface area contributed by atoms with Crippen LogP contribution in [0.2, 0.25) is 0 Å². The van der Waals surface area contributed by atoms with Crippen molar-refractivity contribution in [3.8, 4) is 6.07 Å². The fourth-order valence-electron chi connectivity index (χ4n) is 1.67. The molecule has 0 heterocycles. The van der Waals surface area contributed by atoms with E-state index in [0.717, 1.165) is 17.8 Å². The average molecular weight is 221 g/mol. The van der Waals surface area contributed by atoms with E-state index in [-0.39, 0.29) is 0 Å². The van der Waals surface area contributed by atoms with Gasteiger partial charge in [-0.3, -0.25) is 0 Å². The zero-order chi connectivity index (χ0) is 11.9. The molecule has 0 spiro atoms. The largest absolute Gasteiger partial charge is 0.381 e. The lowest BCUT2D eigenvalue weighted by atomic mass is 10.1. The summed E-state index contributed by atoms with van der Waals surface area (Å²) >= 11 is 0. The molecule has 17 heavy (non-hydrogen) atoms. The van der Waals surface area contributed by atoms with Crippen LogP contribution in [0.5, 0.6) is 0 Å². The normalized spacial score (nSPS) is 9.59. The highest BCUT2D eigenvalue weighted by molar-refractivity contribution is 5.52. The van der Waals surface area contributed by atoms with Crippen molar-refractivity contribution in [2.45, 2.75) is 13.0 Å². The van der Waals surface area contributed by atoms with E-state index in [1.807, 2.05) is 48.5 Å². The van der Waals surface area contributed by atoms with Crippen LogP contribution >= 0.6 is 0 Å². The fourth-order valence-corrected chi connectivity index (χ4v) is 1.67. The molecule has 0 fully saturated rings. The highest BCUT2D eigenvalue weighted by Gasteiger charge is 2.00. The van der Waals surface area contributed by atoms with Crippen LogP contribution in [0.1, 0.15) is 11.1 Å². The summed E-state index contributed by atoms with van der Waals surface area (Å²) in [5.41, 5.74) is 3.27. The number of benzene rings is 2. The molecule has 0 saturated heterocycles. The van der Waals surface area contributed by atoms with Crippen LogP contribution in [-0.2, 0) is 13.0 Å². The zero-order valence-corrected chi connectivity index (χ0v) is 9.48. The third-order valence-electron chi connectivity index (χ3n) is 2.56. The van der Waals surface area contributed by atoms with Crippen molar-refractivity contribution in [3.63, 3.8) is 0 Å². The predicted molar refractivity (Wildman–Crippen MR) is 68.4 cm³/mol. The van der Waals surface area contributed by atoms with E-state index in [1.54, 1.807) is 0 Å². The van der Waals surface area contributed by atoms with Gasteiger partial charge in [-0.2, -0.15) is 5.26 Å². The summed E-state index contributed by atoms with van der Waals surface area (Å²) in [7, 11) is 0. The summed E-state index contributed by atoms with van der Waals surface area (Å²) in [6, 6.07) is 20.9. The molecule has 1 N–H and O–H groups in total. The summed E-state index contributed by atoms with van der Waals surface area (Å²) in [5, 5.41) is 12.1. The van der Waals surface area contributed by atoms with E-state index in [4.69, 9.17) is 5.26 Å². The number of anilines is 1. The lowest BCUT2D eigenvalue weighted by molar-refractivity contribution is 1.13. The van der Waals surface area contributed by atoms with Crippen molar-refractivity contribution in [2.24, 2.45) is 0 Å². The van der Waals surface area contributed by atoms with Crippen LogP contribution in [0, 0.1) is 17.4 Å². The van der Waals surface area contributed by atoms with E-state index in [0.29, 0.717) is 6.42 Å². The molecule has 0 atom stereocenters. The van der Waals surface area contributed by atoms with Gasteiger partial charge in [0.2, 0.25) is 0 Å². The summed E-state index contributed by atoms with van der Waals surface area (Å²) in [5.74, 6) is 0. The second-order valence-corrected chi connectivity index (χ2v) is 3.75. The van der Waals surface area contributed by atoms with Crippen LogP contribution < -0.4 is 5.32 Å². The molecule has 2 nitrogen and oxygen atoms in total. The summed E-state index contributed by atoms with van der Waals surface area (Å²) in [6.07, 6.45) is 0.436. The Balaban J connectivity index is 2.07. The molecular formula is C15H13N2. The standard InChI is InChI=1S/C15H13N2/c16-11-10-14-8-4-5-9-15(14)17-12-13-6-2-1-3-7-13/h2-9,17H,10,12H2. The van der Waals surface area contributed by atoms with Crippen molar-refractivity contribution in [3.05, 3.63) is 65.7 Å². The number of nitrogens with one attached hydrogen (secondary N) is 1. The van der Waals surface area contributed by atoms with Gasteiger partial charge in [-0.25, -0.2) is 0 Å². The predicted octanol–water partition coefficient (Wildman–Crippen LogP) is 3.16. The number of para-hydroxylation sites is 1. The van der Waals surface area contributed by atoms with Crippen molar-refractivity contribution in [2.75, 3.05) is 5.32 Å². The fraction of sp³-hybridized carbons (Fsp3) is 0.133. The summed E-state index contributed by atoms with van der Waals surface area (Å²) in [6.45, 7) is 0.761. The Morgan fingerprint density at radius 3 is 2.65 bits per heavy atom. The molecule has 0 amide bonds. The zero-order valence-electron chi connectivity index (χ0n) is 9.48. The first kappa shape index (κ1) is 11.2. The number of nitrogens with zero attached hydrogens (tertiary/aromatic N) is 1. The SMILES string of the molecule is N#CCc1ccccc1NCc1cc[c]cc1. The van der Waals surface area contributed by atoms with E-state index >= 15 is 0 Å². The maximum atomic E-state index is 8.75. The highest BCUT2D eigenvalue weighted by atomic mass is 14.9. The van der Waals surface area contributed by atoms with E-state index < -0.39 is 0 Å². The van der Waals surface area contributed by atoms with Gasteiger partial charge in [0.05, 0.1) is 12.5 Å². The number of rotatable bonds is 4. The van der Waals surface area contributed by atoms with Crippen LogP contribution in [-0.4, -0.2) is 0 Å². The lowest BCUT2D eigenvalue weighted by Gasteiger charge is -2.09. The van der Waals surface area contributed by atoms with E-state index in [1.165, 1.54) is 5.56 Å². The topological polar surface area (TPSA) is 35.8 Å². The third-order valence-corrected chi connectivity index (χ3v) is 2.56. The maximum Gasteiger partial charge on any atom is 0.0670 e. The molecule has 0 bridgehead atoms.